The average molecular weight is 294 g/mol. The lowest BCUT2D eigenvalue weighted by Gasteiger charge is -2.15. The lowest BCUT2D eigenvalue weighted by atomic mass is 10.0. The van der Waals surface area contributed by atoms with Crippen molar-refractivity contribution in [3.63, 3.8) is 0 Å². The fourth-order valence-corrected chi connectivity index (χ4v) is 2.17. The van der Waals surface area contributed by atoms with Crippen LogP contribution in [-0.4, -0.2) is 34.6 Å². The highest BCUT2D eigenvalue weighted by Crippen LogP contribution is 2.25. The molecule has 0 spiro atoms. The van der Waals surface area contributed by atoms with Crippen LogP contribution in [0.2, 0.25) is 0 Å². The third kappa shape index (κ3) is 3.16. The molecule has 0 bridgehead atoms. The van der Waals surface area contributed by atoms with E-state index in [0.717, 1.165) is 24.6 Å². The largest absolute Gasteiger partial charge is 0.478 e. The molecule has 1 amide bonds. The van der Waals surface area contributed by atoms with Gasteiger partial charge in [-0.15, -0.1) is 0 Å². The summed E-state index contributed by atoms with van der Waals surface area (Å²) in [6.45, 7) is 2.31. The van der Waals surface area contributed by atoms with E-state index in [-0.39, 0.29) is 22.9 Å². The van der Waals surface area contributed by atoms with E-state index in [1.54, 1.807) is 0 Å². The normalized spacial score (nSPS) is 21.0. The summed E-state index contributed by atoms with van der Waals surface area (Å²) in [6.07, 6.45) is 0.0598. The van der Waals surface area contributed by atoms with Gasteiger partial charge in [0.25, 0.3) is 11.6 Å². The smallest absolute Gasteiger partial charge is 0.337 e. The summed E-state index contributed by atoms with van der Waals surface area (Å²) in [5, 5.41) is 22.2. The Bertz CT molecular complexity index is 600. The third-order valence-electron chi connectivity index (χ3n) is 3.35. The Morgan fingerprint density at radius 3 is 2.71 bits per heavy atom. The minimum absolute atomic E-state index is 0.0111. The van der Waals surface area contributed by atoms with Crippen molar-refractivity contribution in [2.24, 2.45) is 5.92 Å². The van der Waals surface area contributed by atoms with E-state index in [0.29, 0.717) is 6.61 Å². The molecule has 2 unspecified atom stereocenters. The first kappa shape index (κ1) is 14.9. The minimum atomic E-state index is -1.28. The third-order valence-corrected chi connectivity index (χ3v) is 3.35. The molecule has 2 atom stereocenters. The summed E-state index contributed by atoms with van der Waals surface area (Å²) >= 11 is 0. The van der Waals surface area contributed by atoms with E-state index >= 15 is 0 Å². The van der Waals surface area contributed by atoms with Crippen LogP contribution in [0.5, 0.6) is 0 Å². The van der Waals surface area contributed by atoms with Crippen LogP contribution in [0.3, 0.4) is 0 Å². The monoisotopic (exact) mass is 294 g/mol. The quantitative estimate of drug-likeness (QED) is 0.643. The van der Waals surface area contributed by atoms with Gasteiger partial charge in [0, 0.05) is 18.7 Å². The van der Waals surface area contributed by atoms with Gasteiger partial charge < -0.3 is 15.2 Å². The molecule has 1 heterocycles. The molecule has 1 saturated heterocycles. The molecule has 1 aromatic rings. The number of carbonyl (C=O) groups is 2. The molecule has 1 fully saturated rings. The number of nitro groups is 1. The molecule has 2 N–H and O–H groups in total. The van der Waals surface area contributed by atoms with E-state index in [2.05, 4.69) is 5.32 Å². The van der Waals surface area contributed by atoms with Crippen LogP contribution in [0, 0.1) is 16.0 Å². The summed E-state index contributed by atoms with van der Waals surface area (Å²) < 4.78 is 5.28. The number of benzene rings is 1. The first-order valence-electron chi connectivity index (χ1n) is 6.34. The van der Waals surface area contributed by atoms with Crippen molar-refractivity contribution in [1.82, 2.24) is 0 Å². The van der Waals surface area contributed by atoms with Crippen molar-refractivity contribution >= 4 is 23.3 Å². The van der Waals surface area contributed by atoms with Crippen molar-refractivity contribution < 1.29 is 24.4 Å². The van der Waals surface area contributed by atoms with Gasteiger partial charge in [-0.25, -0.2) is 4.79 Å². The fraction of sp³-hybridized carbons (Fsp3) is 0.385. The first-order chi connectivity index (χ1) is 9.90. The first-order valence-corrected chi connectivity index (χ1v) is 6.34. The number of ether oxygens (including phenoxy) is 1. The number of carbonyl (C=O) groups excluding carboxylic acids is 1. The van der Waals surface area contributed by atoms with E-state index < -0.39 is 22.9 Å². The highest BCUT2D eigenvalue weighted by molar-refractivity contribution is 6.02. The summed E-state index contributed by atoms with van der Waals surface area (Å²) in [5.74, 6) is -1.76. The zero-order chi connectivity index (χ0) is 15.6. The number of rotatable bonds is 4. The molecule has 0 saturated carbocycles. The molecule has 8 nitrogen and oxygen atoms in total. The van der Waals surface area contributed by atoms with Crippen LogP contribution in [0.1, 0.15) is 23.7 Å². The molecule has 0 aromatic heterocycles. The van der Waals surface area contributed by atoms with Crippen LogP contribution in [-0.2, 0) is 9.53 Å². The summed E-state index contributed by atoms with van der Waals surface area (Å²) in [6, 6.07) is 3.20. The van der Waals surface area contributed by atoms with Crippen LogP contribution in [0.15, 0.2) is 18.2 Å². The maximum absolute atomic E-state index is 12.1. The minimum Gasteiger partial charge on any atom is -0.478 e. The topological polar surface area (TPSA) is 119 Å². The number of carboxylic acid groups (broad SMARTS) is 1. The number of nitrogens with one attached hydrogen (secondary N) is 1. The lowest BCUT2D eigenvalue weighted by Crippen LogP contribution is -2.31. The van der Waals surface area contributed by atoms with Gasteiger partial charge in [-0.05, 0) is 18.4 Å². The number of carboxylic acids is 1. The summed E-state index contributed by atoms with van der Waals surface area (Å²) in [4.78, 5) is 33.3. The maximum Gasteiger partial charge on any atom is 0.337 e. The molecule has 112 valence electrons. The van der Waals surface area contributed by atoms with Gasteiger partial charge in [0.15, 0.2) is 0 Å². The van der Waals surface area contributed by atoms with E-state index in [1.807, 2.05) is 6.92 Å². The van der Waals surface area contributed by atoms with Crippen molar-refractivity contribution in [3.05, 3.63) is 33.9 Å². The van der Waals surface area contributed by atoms with Crippen LogP contribution >= 0.6 is 0 Å². The van der Waals surface area contributed by atoms with E-state index in [9.17, 15) is 19.7 Å². The van der Waals surface area contributed by atoms with Crippen molar-refractivity contribution in [1.29, 1.82) is 0 Å². The van der Waals surface area contributed by atoms with Crippen molar-refractivity contribution in [2.45, 2.75) is 19.4 Å². The number of nitro benzene ring substituents is 1. The molecule has 21 heavy (non-hydrogen) atoms. The van der Waals surface area contributed by atoms with Gasteiger partial charge >= 0.3 is 5.97 Å². The molecular formula is C13H14N2O6. The van der Waals surface area contributed by atoms with Crippen LogP contribution < -0.4 is 5.32 Å². The number of hydrogen-bond acceptors (Lipinski definition) is 5. The van der Waals surface area contributed by atoms with Gasteiger partial charge in [-0.2, -0.15) is 0 Å². The van der Waals surface area contributed by atoms with Crippen LogP contribution in [0.25, 0.3) is 0 Å². The molecule has 0 radical (unpaired) electrons. The highest BCUT2D eigenvalue weighted by Gasteiger charge is 2.31. The second-order valence-electron chi connectivity index (χ2n) is 4.84. The highest BCUT2D eigenvalue weighted by atomic mass is 16.6. The predicted molar refractivity (Wildman–Crippen MR) is 72.2 cm³/mol. The molecule has 1 aromatic carbocycles. The molecule has 2 rings (SSSR count). The number of non-ortho nitro benzene ring substituents is 1. The van der Waals surface area contributed by atoms with Gasteiger partial charge in [0.2, 0.25) is 0 Å². The second-order valence-corrected chi connectivity index (χ2v) is 4.84. The Morgan fingerprint density at radius 2 is 2.19 bits per heavy atom. The molecule has 8 heteroatoms. The van der Waals surface area contributed by atoms with Gasteiger partial charge in [-0.3, -0.25) is 14.9 Å². The SMILES string of the molecule is CC1CCOC1C(=O)Nc1cc([N+](=O)[O-])ccc1C(=O)O. The number of nitrogens with zero attached hydrogens (tertiary/aromatic N) is 1. The maximum atomic E-state index is 12.1. The summed E-state index contributed by atoms with van der Waals surface area (Å²) in [5.41, 5.74) is -0.611. The van der Waals surface area contributed by atoms with Crippen molar-refractivity contribution in [3.8, 4) is 0 Å². The van der Waals surface area contributed by atoms with Gasteiger partial charge in [0.1, 0.15) is 6.10 Å². The molecule has 1 aliphatic heterocycles. The lowest BCUT2D eigenvalue weighted by molar-refractivity contribution is -0.384. The zero-order valence-electron chi connectivity index (χ0n) is 11.2. The summed E-state index contributed by atoms with van der Waals surface area (Å²) in [7, 11) is 0. The Hall–Kier alpha value is -2.48. The fourth-order valence-electron chi connectivity index (χ4n) is 2.17. The Balaban J connectivity index is 2.28. The van der Waals surface area contributed by atoms with Gasteiger partial charge in [-0.1, -0.05) is 6.92 Å². The molecule has 1 aliphatic rings. The molecule has 0 aliphatic carbocycles. The van der Waals surface area contributed by atoms with Crippen molar-refractivity contribution in [2.75, 3.05) is 11.9 Å². The number of anilines is 1. The van der Waals surface area contributed by atoms with E-state index in [4.69, 9.17) is 9.84 Å². The van der Waals surface area contributed by atoms with E-state index in [1.165, 1.54) is 0 Å². The standard InChI is InChI=1S/C13H14N2O6/c1-7-4-5-21-11(7)12(16)14-10-6-8(15(19)20)2-3-9(10)13(17)18/h2-3,6-7,11H,4-5H2,1H3,(H,14,16)(H,17,18). The zero-order valence-corrected chi connectivity index (χ0v) is 11.2. The molecular weight excluding hydrogens is 280 g/mol. The Kier molecular flexibility index (Phi) is 4.18. The number of amides is 1. The Morgan fingerprint density at radius 1 is 1.48 bits per heavy atom. The van der Waals surface area contributed by atoms with Crippen LogP contribution in [0.4, 0.5) is 11.4 Å². The average Bonchev–Trinajstić information content (AvgIpc) is 2.84. The number of aromatic carboxylic acids is 1. The second kappa shape index (κ2) is 5.88. The number of hydrogen-bond donors (Lipinski definition) is 2. The van der Waals surface area contributed by atoms with Gasteiger partial charge in [0.05, 0.1) is 16.2 Å². The predicted octanol–water partition coefficient (Wildman–Crippen LogP) is 1.66. The Labute approximate surface area is 119 Å².